The highest BCUT2D eigenvalue weighted by molar-refractivity contribution is 9.10. The van der Waals surface area contributed by atoms with Gasteiger partial charge in [-0.25, -0.2) is 14.2 Å². The molecule has 0 atom stereocenters. The molecule has 0 spiro atoms. The number of esters is 1. The number of nitrogens with zero attached hydrogens (tertiary/aromatic N) is 3. The van der Waals surface area contributed by atoms with Gasteiger partial charge in [0.05, 0.1) is 30.1 Å². The van der Waals surface area contributed by atoms with Crippen molar-refractivity contribution in [1.29, 1.82) is 0 Å². The lowest BCUT2D eigenvalue weighted by molar-refractivity contribution is -0.143. The number of hydrogen-bond donors (Lipinski definition) is 1. The quantitative estimate of drug-likeness (QED) is 0.384. The fourth-order valence-corrected chi connectivity index (χ4v) is 3.80. The summed E-state index contributed by atoms with van der Waals surface area (Å²) < 4.78 is 13.7. The van der Waals surface area contributed by atoms with Crippen molar-refractivity contribution < 1.29 is 14.3 Å². The molecule has 3 rings (SSSR count). The normalized spacial score (nSPS) is 10.9. The summed E-state index contributed by atoms with van der Waals surface area (Å²) >= 11 is 3.49. The van der Waals surface area contributed by atoms with Crippen LogP contribution in [0.1, 0.15) is 38.3 Å². The van der Waals surface area contributed by atoms with E-state index in [-0.39, 0.29) is 38.2 Å². The molecule has 0 radical (unpaired) electrons. The second-order valence-electron chi connectivity index (χ2n) is 8.22. The summed E-state index contributed by atoms with van der Waals surface area (Å²) in [6.07, 6.45) is -0.0969. The second kappa shape index (κ2) is 11.8. The zero-order chi connectivity index (χ0) is 25.5. The number of carbonyl (C=O) groups is 1. The highest BCUT2D eigenvalue weighted by Crippen LogP contribution is 2.30. The molecule has 0 aliphatic carbocycles. The molecule has 0 aliphatic rings. The fraction of sp³-hybridized carbons (Fsp3) is 0.360. The van der Waals surface area contributed by atoms with Crippen LogP contribution in [0.5, 0.6) is 5.75 Å². The summed E-state index contributed by atoms with van der Waals surface area (Å²) in [7, 11) is 0. The van der Waals surface area contributed by atoms with Gasteiger partial charge in [0.1, 0.15) is 5.75 Å². The minimum atomic E-state index is -0.749. The van der Waals surface area contributed by atoms with Gasteiger partial charge in [0, 0.05) is 12.2 Å². The molecule has 3 aromatic rings. The van der Waals surface area contributed by atoms with Gasteiger partial charge in [0.15, 0.2) is 0 Å². The monoisotopic (exact) mass is 544 g/mol. The summed E-state index contributed by atoms with van der Waals surface area (Å²) in [4.78, 5) is 42.0. The molecule has 35 heavy (non-hydrogen) atoms. The van der Waals surface area contributed by atoms with Gasteiger partial charge in [-0.2, -0.15) is 4.98 Å². The topological polar surface area (TPSA) is 104 Å². The molecule has 0 bridgehead atoms. The van der Waals surface area contributed by atoms with Crippen molar-refractivity contribution in [1.82, 2.24) is 14.1 Å². The molecule has 2 aromatic carbocycles. The first-order valence-electron chi connectivity index (χ1n) is 11.3. The van der Waals surface area contributed by atoms with E-state index >= 15 is 0 Å². The van der Waals surface area contributed by atoms with Crippen LogP contribution >= 0.6 is 15.9 Å². The van der Waals surface area contributed by atoms with Crippen molar-refractivity contribution >= 4 is 33.5 Å². The largest absolute Gasteiger partial charge is 0.490 e. The van der Waals surface area contributed by atoms with Crippen LogP contribution in [0.15, 0.2) is 56.5 Å². The van der Waals surface area contributed by atoms with Gasteiger partial charge in [-0.05, 0) is 67.4 Å². The van der Waals surface area contributed by atoms with Crippen LogP contribution in [0.4, 0.5) is 11.6 Å². The zero-order valence-electron chi connectivity index (χ0n) is 20.2. The molecule has 0 aliphatic heterocycles. The first-order valence-corrected chi connectivity index (χ1v) is 12.1. The summed E-state index contributed by atoms with van der Waals surface area (Å²) in [6.45, 7) is 7.83. The van der Waals surface area contributed by atoms with E-state index in [1.807, 2.05) is 45.0 Å². The predicted octanol–water partition coefficient (Wildman–Crippen LogP) is 4.01. The summed E-state index contributed by atoms with van der Waals surface area (Å²) in [5, 5.41) is 3.08. The fourth-order valence-electron chi connectivity index (χ4n) is 3.33. The van der Waals surface area contributed by atoms with Crippen LogP contribution < -0.4 is 21.4 Å². The van der Waals surface area contributed by atoms with Crippen molar-refractivity contribution in [3.8, 4) is 5.75 Å². The van der Waals surface area contributed by atoms with E-state index < -0.39 is 17.3 Å². The molecule has 9 nitrogen and oxygen atoms in total. The number of anilines is 2. The highest BCUT2D eigenvalue weighted by atomic mass is 79.9. The Morgan fingerprint density at radius 1 is 1.11 bits per heavy atom. The molecule has 186 valence electrons. The first-order chi connectivity index (χ1) is 16.7. The van der Waals surface area contributed by atoms with Crippen LogP contribution in [0.3, 0.4) is 0 Å². The number of ether oxygens (including phenoxy) is 2. The van der Waals surface area contributed by atoms with E-state index in [0.717, 1.165) is 15.7 Å². The molecule has 0 saturated carbocycles. The smallest absolute Gasteiger partial charge is 0.354 e. The minimum absolute atomic E-state index is 0.00802. The van der Waals surface area contributed by atoms with Crippen LogP contribution in [0.25, 0.3) is 0 Å². The van der Waals surface area contributed by atoms with E-state index in [1.165, 1.54) is 4.57 Å². The third-order valence-corrected chi connectivity index (χ3v) is 5.63. The van der Waals surface area contributed by atoms with Gasteiger partial charge < -0.3 is 14.8 Å². The standard InChI is InChI=1S/C25H29BrN4O5/c1-5-34-22(31)12-13-29-24(32)28-23(27-19-10-11-21(20(26)14-19)35-16(2)3)30(25(29)33)15-18-8-6-17(4)7-9-18/h6-11,14,16H,5,12-13,15H2,1-4H3,(H,27,28,32). The van der Waals surface area contributed by atoms with E-state index in [1.54, 1.807) is 25.1 Å². The molecule has 0 saturated heterocycles. The summed E-state index contributed by atoms with van der Waals surface area (Å²) in [6, 6.07) is 13.1. The number of hydrogen-bond acceptors (Lipinski definition) is 7. The van der Waals surface area contributed by atoms with Gasteiger partial charge in [-0.1, -0.05) is 29.8 Å². The molecule has 0 amide bonds. The lowest BCUT2D eigenvalue weighted by Crippen LogP contribution is -2.43. The Morgan fingerprint density at radius 3 is 2.46 bits per heavy atom. The molecule has 1 heterocycles. The van der Waals surface area contributed by atoms with Crippen molar-refractivity contribution in [3.05, 3.63) is 79.0 Å². The number of rotatable bonds is 10. The number of nitrogens with one attached hydrogen (secondary N) is 1. The van der Waals surface area contributed by atoms with Crippen LogP contribution in [-0.4, -0.2) is 32.8 Å². The van der Waals surface area contributed by atoms with Crippen molar-refractivity contribution in [2.24, 2.45) is 0 Å². The molecule has 1 aromatic heterocycles. The number of aryl methyl sites for hydroxylation is 1. The van der Waals surface area contributed by atoms with Gasteiger partial charge >= 0.3 is 17.3 Å². The SMILES string of the molecule is CCOC(=O)CCn1c(=O)nc(Nc2ccc(OC(C)C)c(Br)c2)n(Cc2ccc(C)cc2)c1=O. The number of carbonyl (C=O) groups excluding carboxylic acids is 1. The maximum atomic E-state index is 13.3. The number of benzene rings is 2. The highest BCUT2D eigenvalue weighted by Gasteiger charge is 2.16. The second-order valence-corrected chi connectivity index (χ2v) is 9.07. The number of halogens is 1. The maximum Gasteiger partial charge on any atom is 0.354 e. The van der Waals surface area contributed by atoms with E-state index in [4.69, 9.17) is 9.47 Å². The van der Waals surface area contributed by atoms with Gasteiger partial charge in [-0.15, -0.1) is 0 Å². The molecule has 0 unspecified atom stereocenters. The van der Waals surface area contributed by atoms with E-state index in [2.05, 4.69) is 26.2 Å². The third kappa shape index (κ3) is 7.05. The Morgan fingerprint density at radius 2 is 1.83 bits per heavy atom. The van der Waals surface area contributed by atoms with Gasteiger partial charge in [-0.3, -0.25) is 9.36 Å². The first kappa shape index (κ1) is 26.2. The van der Waals surface area contributed by atoms with Crippen LogP contribution in [-0.2, 0) is 22.6 Å². The Balaban J connectivity index is 1.99. The van der Waals surface area contributed by atoms with Crippen molar-refractivity contribution in [2.45, 2.75) is 53.3 Å². The van der Waals surface area contributed by atoms with Gasteiger partial charge in [0.2, 0.25) is 5.95 Å². The Bertz CT molecular complexity index is 1300. The van der Waals surface area contributed by atoms with E-state index in [0.29, 0.717) is 15.9 Å². The molecule has 0 fully saturated rings. The minimum Gasteiger partial charge on any atom is -0.490 e. The molecular weight excluding hydrogens is 516 g/mol. The third-order valence-electron chi connectivity index (χ3n) is 5.01. The zero-order valence-corrected chi connectivity index (χ0v) is 21.8. The average Bonchev–Trinajstić information content (AvgIpc) is 2.79. The van der Waals surface area contributed by atoms with Crippen LogP contribution in [0.2, 0.25) is 0 Å². The number of aromatic nitrogens is 3. The Hall–Kier alpha value is -3.40. The summed E-state index contributed by atoms with van der Waals surface area (Å²) in [5.74, 6) is 0.280. The molecule has 10 heteroatoms. The lowest BCUT2D eigenvalue weighted by Gasteiger charge is -2.17. The Kier molecular flexibility index (Phi) is 8.86. The van der Waals surface area contributed by atoms with E-state index in [9.17, 15) is 14.4 Å². The molecule has 1 N–H and O–H groups in total. The Labute approximate surface area is 211 Å². The lowest BCUT2D eigenvalue weighted by atomic mass is 10.1. The molecular formula is C25H29BrN4O5. The van der Waals surface area contributed by atoms with Crippen molar-refractivity contribution in [3.63, 3.8) is 0 Å². The van der Waals surface area contributed by atoms with Crippen molar-refractivity contribution in [2.75, 3.05) is 11.9 Å². The van der Waals surface area contributed by atoms with Gasteiger partial charge in [0.25, 0.3) is 0 Å². The average molecular weight is 545 g/mol. The summed E-state index contributed by atoms with van der Waals surface area (Å²) in [5.41, 5.74) is 1.24. The van der Waals surface area contributed by atoms with Crippen LogP contribution in [0, 0.1) is 6.92 Å². The predicted molar refractivity (Wildman–Crippen MR) is 137 cm³/mol. The maximum absolute atomic E-state index is 13.3.